The summed E-state index contributed by atoms with van der Waals surface area (Å²) in [6.07, 6.45) is 17.5. The highest BCUT2D eigenvalue weighted by Crippen LogP contribution is 2.43. The molecule has 0 aromatic heterocycles. The standard InChI is InChI=1S/C25H36FN/c1-2-3-4-19-5-11-22(12-6-19)23-13-7-20(8-14-23)9-15-24-16-10-21(18-27)17-25(24)26/h10,16-17,19-20,22-23H,2-9,11-15H2,1H3. The Balaban J connectivity index is 1.38. The fourth-order valence-corrected chi connectivity index (χ4v) is 5.57. The number of rotatable bonds is 7. The normalized spacial score (nSPS) is 28.6. The number of halogens is 1. The first kappa shape index (κ1) is 20.4. The fraction of sp³-hybridized carbons (Fsp3) is 0.720. The van der Waals surface area contributed by atoms with Crippen molar-refractivity contribution < 1.29 is 4.39 Å². The van der Waals surface area contributed by atoms with E-state index in [0.717, 1.165) is 42.1 Å². The van der Waals surface area contributed by atoms with Gasteiger partial charge in [0, 0.05) is 0 Å². The van der Waals surface area contributed by atoms with Crippen molar-refractivity contribution >= 4 is 0 Å². The minimum atomic E-state index is -0.206. The molecule has 1 nitrogen and oxygen atoms in total. The van der Waals surface area contributed by atoms with Crippen LogP contribution in [-0.2, 0) is 6.42 Å². The average Bonchev–Trinajstić information content (AvgIpc) is 2.72. The van der Waals surface area contributed by atoms with Crippen LogP contribution in [0.5, 0.6) is 0 Å². The van der Waals surface area contributed by atoms with Crippen LogP contribution in [-0.4, -0.2) is 0 Å². The number of nitriles is 1. The molecule has 0 radical (unpaired) electrons. The summed E-state index contributed by atoms with van der Waals surface area (Å²) in [4.78, 5) is 0. The Morgan fingerprint density at radius 1 is 0.926 bits per heavy atom. The number of hydrogen-bond acceptors (Lipinski definition) is 1. The summed E-state index contributed by atoms with van der Waals surface area (Å²) < 4.78 is 14.1. The zero-order chi connectivity index (χ0) is 19.1. The molecule has 2 aliphatic carbocycles. The predicted molar refractivity (Wildman–Crippen MR) is 110 cm³/mol. The molecule has 0 unspecified atom stereocenters. The summed E-state index contributed by atoms with van der Waals surface area (Å²) in [5.74, 6) is 3.51. The van der Waals surface area contributed by atoms with Gasteiger partial charge in [-0.2, -0.15) is 5.26 Å². The molecule has 0 amide bonds. The topological polar surface area (TPSA) is 23.8 Å². The minimum Gasteiger partial charge on any atom is -0.207 e. The molecule has 0 heterocycles. The van der Waals surface area contributed by atoms with E-state index in [1.807, 2.05) is 6.07 Å². The van der Waals surface area contributed by atoms with Crippen molar-refractivity contribution in [2.75, 3.05) is 0 Å². The first-order valence-corrected chi connectivity index (χ1v) is 11.4. The van der Waals surface area contributed by atoms with E-state index in [1.54, 1.807) is 12.1 Å². The monoisotopic (exact) mass is 369 g/mol. The Morgan fingerprint density at radius 3 is 2.04 bits per heavy atom. The van der Waals surface area contributed by atoms with Gasteiger partial charge in [-0.1, -0.05) is 57.9 Å². The molecule has 0 bridgehead atoms. The SMILES string of the molecule is CCCCC1CCC(C2CCC(CCc3ccc(C#N)cc3F)CC2)CC1. The summed E-state index contributed by atoms with van der Waals surface area (Å²) in [5.41, 5.74) is 1.20. The van der Waals surface area contributed by atoms with E-state index in [0.29, 0.717) is 5.56 Å². The van der Waals surface area contributed by atoms with Crippen molar-refractivity contribution in [3.8, 4) is 6.07 Å². The van der Waals surface area contributed by atoms with Gasteiger partial charge in [0.15, 0.2) is 0 Å². The number of benzene rings is 1. The van der Waals surface area contributed by atoms with Gasteiger partial charge in [-0.25, -0.2) is 4.39 Å². The minimum absolute atomic E-state index is 0.206. The van der Waals surface area contributed by atoms with Crippen LogP contribution in [0.1, 0.15) is 95.1 Å². The smallest absolute Gasteiger partial charge is 0.127 e. The van der Waals surface area contributed by atoms with Crippen molar-refractivity contribution in [3.05, 3.63) is 35.1 Å². The summed E-state index contributed by atoms with van der Waals surface area (Å²) >= 11 is 0. The van der Waals surface area contributed by atoms with Crippen molar-refractivity contribution in [2.24, 2.45) is 23.7 Å². The van der Waals surface area contributed by atoms with Gasteiger partial charge < -0.3 is 0 Å². The Bertz CT molecular complexity index is 616. The highest BCUT2D eigenvalue weighted by Gasteiger charge is 2.30. The Kier molecular flexibility index (Phi) is 7.74. The molecule has 0 aliphatic heterocycles. The largest absolute Gasteiger partial charge is 0.207 e. The zero-order valence-corrected chi connectivity index (χ0v) is 17.1. The van der Waals surface area contributed by atoms with Crippen molar-refractivity contribution in [2.45, 2.75) is 90.4 Å². The molecular formula is C25H36FN. The number of unbranched alkanes of at least 4 members (excludes halogenated alkanes) is 1. The lowest BCUT2D eigenvalue weighted by atomic mass is 9.68. The number of nitrogens with zero attached hydrogens (tertiary/aromatic N) is 1. The molecule has 2 aliphatic rings. The first-order valence-electron chi connectivity index (χ1n) is 11.4. The molecule has 0 N–H and O–H groups in total. The molecule has 0 atom stereocenters. The van der Waals surface area contributed by atoms with Crippen molar-refractivity contribution in [1.82, 2.24) is 0 Å². The Labute approximate surface area is 165 Å². The van der Waals surface area contributed by atoms with Crippen molar-refractivity contribution in [3.63, 3.8) is 0 Å². The molecule has 2 heteroatoms. The lowest BCUT2D eigenvalue weighted by molar-refractivity contribution is 0.140. The molecular weight excluding hydrogens is 333 g/mol. The zero-order valence-electron chi connectivity index (χ0n) is 17.1. The Morgan fingerprint density at radius 2 is 1.52 bits per heavy atom. The van der Waals surface area contributed by atoms with Crippen LogP contribution in [0.15, 0.2) is 18.2 Å². The molecule has 3 rings (SSSR count). The molecule has 1 aromatic rings. The molecule has 0 spiro atoms. The maximum atomic E-state index is 14.1. The average molecular weight is 370 g/mol. The van der Waals surface area contributed by atoms with Crippen LogP contribution in [0.2, 0.25) is 0 Å². The van der Waals surface area contributed by atoms with Gasteiger partial charge in [0.05, 0.1) is 11.6 Å². The third kappa shape index (κ3) is 5.81. The maximum Gasteiger partial charge on any atom is 0.127 e. The van der Waals surface area contributed by atoms with Crippen LogP contribution in [0.4, 0.5) is 4.39 Å². The lowest BCUT2D eigenvalue weighted by Crippen LogP contribution is -2.26. The van der Waals surface area contributed by atoms with Crippen LogP contribution in [0, 0.1) is 40.8 Å². The molecule has 148 valence electrons. The third-order valence-electron chi connectivity index (χ3n) is 7.42. The maximum absolute atomic E-state index is 14.1. The molecule has 27 heavy (non-hydrogen) atoms. The fourth-order valence-electron chi connectivity index (χ4n) is 5.57. The van der Waals surface area contributed by atoms with E-state index in [9.17, 15) is 4.39 Å². The highest BCUT2D eigenvalue weighted by atomic mass is 19.1. The summed E-state index contributed by atoms with van der Waals surface area (Å²) in [7, 11) is 0. The van der Waals surface area contributed by atoms with Gasteiger partial charge in [-0.05, 0) is 79.9 Å². The number of hydrogen-bond donors (Lipinski definition) is 0. The van der Waals surface area contributed by atoms with E-state index in [1.165, 1.54) is 76.7 Å². The number of aryl methyl sites for hydroxylation is 1. The van der Waals surface area contributed by atoms with E-state index < -0.39 is 0 Å². The van der Waals surface area contributed by atoms with E-state index >= 15 is 0 Å². The van der Waals surface area contributed by atoms with E-state index in [4.69, 9.17) is 5.26 Å². The first-order chi connectivity index (χ1) is 13.2. The molecule has 1 aromatic carbocycles. The molecule has 0 saturated heterocycles. The van der Waals surface area contributed by atoms with Crippen LogP contribution < -0.4 is 0 Å². The van der Waals surface area contributed by atoms with Gasteiger partial charge in [0.2, 0.25) is 0 Å². The van der Waals surface area contributed by atoms with Gasteiger partial charge >= 0.3 is 0 Å². The lowest BCUT2D eigenvalue weighted by Gasteiger charge is -2.38. The van der Waals surface area contributed by atoms with E-state index in [2.05, 4.69) is 6.92 Å². The Hall–Kier alpha value is -1.36. The quantitative estimate of drug-likeness (QED) is 0.490. The molecule has 2 saturated carbocycles. The summed E-state index contributed by atoms with van der Waals surface area (Å²) in [5, 5.41) is 8.85. The molecule has 2 fully saturated rings. The van der Waals surface area contributed by atoms with Crippen LogP contribution >= 0.6 is 0 Å². The van der Waals surface area contributed by atoms with Gasteiger partial charge in [0.25, 0.3) is 0 Å². The summed E-state index contributed by atoms with van der Waals surface area (Å²) in [6, 6.07) is 6.93. The van der Waals surface area contributed by atoms with Crippen molar-refractivity contribution in [1.29, 1.82) is 5.26 Å². The highest BCUT2D eigenvalue weighted by molar-refractivity contribution is 5.32. The second kappa shape index (κ2) is 10.3. The second-order valence-corrected chi connectivity index (χ2v) is 9.16. The predicted octanol–water partition coefficient (Wildman–Crippen LogP) is 7.43. The van der Waals surface area contributed by atoms with Crippen LogP contribution in [0.3, 0.4) is 0 Å². The second-order valence-electron chi connectivity index (χ2n) is 9.16. The third-order valence-corrected chi connectivity index (χ3v) is 7.42. The van der Waals surface area contributed by atoms with Crippen LogP contribution in [0.25, 0.3) is 0 Å². The van der Waals surface area contributed by atoms with E-state index in [-0.39, 0.29) is 5.82 Å². The summed E-state index contributed by atoms with van der Waals surface area (Å²) in [6.45, 7) is 2.31. The van der Waals surface area contributed by atoms with Gasteiger partial charge in [-0.3, -0.25) is 0 Å². The van der Waals surface area contributed by atoms with Gasteiger partial charge in [-0.15, -0.1) is 0 Å². The van der Waals surface area contributed by atoms with Gasteiger partial charge in [0.1, 0.15) is 5.82 Å².